The van der Waals surface area contributed by atoms with Crippen molar-refractivity contribution in [2.24, 2.45) is 0 Å². The van der Waals surface area contributed by atoms with Crippen LogP contribution < -0.4 is 14.8 Å². The molecule has 0 radical (unpaired) electrons. The molecular formula is C24H30ClNO9. The maximum Gasteiger partial charge on any atom is 0.338 e. The zero-order valence-electron chi connectivity index (χ0n) is 19.6. The number of esters is 1. The van der Waals surface area contributed by atoms with E-state index in [9.17, 15) is 20.1 Å². The normalized spacial score (nSPS) is 24.1. The number of benzene rings is 2. The fourth-order valence-electron chi connectivity index (χ4n) is 3.66. The Morgan fingerprint density at radius 1 is 1.09 bits per heavy atom. The minimum Gasteiger partial charge on any atom is -0.493 e. The van der Waals surface area contributed by atoms with Crippen LogP contribution in [0, 0.1) is 0 Å². The first-order valence-electron chi connectivity index (χ1n) is 10.9. The first-order valence-corrected chi connectivity index (χ1v) is 11.3. The highest BCUT2D eigenvalue weighted by Crippen LogP contribution is 2.37. The molecule has 1 aliphatic rings. The van der Waals surface area contributed by atoms with Gasteiger partial charge in [0.2, 0.25) is 0 Å². The third kappa shape index (κ3) is 6.62. The number of rotatable bonds is 10. The molecule has 10 nitrogen and oxygen atoms in total. The average Bonchev–Trinajstić information content (AvgIpc) is 2.86. The maximum atomic E-state index is 12.6. The highest BCUT2D eigenvalue weighted by atomic mass is 35.5. The molecule has 4 N–H and O–H groups in total. The van der Waals surface area contributed by atoms with Gasteiger partial charge in [0.05, 0.1) is 17.7 Å². The lowest BCUT2D eigenvalue weighted by atomic mass is 9.99. The number of hydrogen-bond acceptors (Lipinski definition) is 10. The Kier molecular flexibility index (Phi) is 9.70. The van der Waals surface area contributed by atoms with E-state index in [1.807, 2.05) is 31.3 Å². The second-order valence-electron chi connectivity index (χ2n) is 7.98. The van der Waals surface area contributed by atoms with Crippen molar-refractivity contribution in [3.63, 3.8) is 0 Å². The van der Waals surface area contributed by atoms with Crippen molar-refractivity contribution in [3.05, 3.63) is 58.1 Å². The molecule has 2 aromatic carbocycles. The van der Waals surface area contributed by atoms with Gasteiger partial charge in [-0.1, -0.05) is 35.9 Å². The van der Waals surface area contributed by atoms with Crippen molar-refractivity contribution in [1.82, 2.24) is 5.32 Å². The van der Waals surface area contributed by atoms with Crippen LogP contribution in [0.4, 0.5) is 0 Å². The Balaban J connectivity index is 1.67. The third-order valence-electron chi connectivity index (χ3n) is 5.50. The van der Waals surface area contributed by atoms with E-state index in [-0.39, 0.29) is 28.7 Å². The van der Waals surface area contributed by atoms with E-state index in [1.165, 1.54) is 26.4 Å². The fraction of sp³-hybridized carbons (Fsp3) is 0.458. The number of aliphatic hydroxyl groups is 3. The van der Waals surface area contributed by atoms with Gasteiger partial charge in [-0.25, -0.2) is 4.79 Å². The molecule has 0 amide bonds. The summed E-state index contributed by atoms with van der Waals surface area (Å²) >= 11 is 6.38. The Morgan fingerprint density at radius 3 is 2.51 bits per heavy atom. The first-order chi connectivity index (χ1) is 16.8. The maximum absolute atomic E-state index is 12.6. The van der Waals surface area contributed by atoms with Gasteiger partial charge < -0.3 is 44.3 Å². The molecule has 0 saturated carbocycles. The summed E-state index contributed by atoms with van der Waals surface area (Å²) in [6, 6.07) is 10.7. The molecule has 0 unspecified atom stereocenters. The molecule has 11 heteroatoms. The highest BCUT2D eigenvalue weighted by Gasteiger charge is 2.44. The summed E-state index contributed by atoms with van der Waals surface area (Å²) in [5.41, 5.74) is 2.13. The van der Waals surface area contributed by atoms with Crippen LogP contribution in [0.1, 0.15) is 21.5 Å². The van der Waals surface area contributed by atoms with E-state index in [2.05, 4.69) is 5.32 Å². The van der Waals surface area contributed by atoms with Crippen LogP contribution in [-0.2, 0) is 27.4 Å². The Morgan fingerprint density at radius 2 is 1.83 bits per heavy atom. The van der Waals surface area contributed by atoms with Crippen molar-refractivity contribution < 1.29 is 43.8 Å². The molecule has 2 aromatic rings. The molecule has 35 heavy (non-hydrogen) atoms. The molecule has 1 saturated heterocycles. The Hall–Kier alpha value is -2.44. The van der Waals surface area contributed by atoms with Gasteiger partial charge in [0.15, 0.2) is 17.8 Å². The third-order valence-corrected chi connectivity index (χ3v) is 5.78. The lowest BCUT2D eigenvalue weighted by Crippen LogP contribution is -2.59. The van der Waals surface area contributed by atoms with E-state index < -0.39 is 43.3 Å². The second-order valence-corrected chi connectivity index (χ2v) is 8.38. The van der Waals surface area contributed by atoms with Crippen molar-refractivity contribution in [3.8, 4) is 11.5 Å². The van der Waals surface area contributed by atoms with E-state index in [4.69, 9.17) is 35.3 Å². The molecule has 192 valence electrons. The van der Waals surface area contributed by atoms with E-state index in [0.29, 0.717) is 0 Å². The van der Waals surface area contributed by atoms with Gasteiger partial charge in [0, 0.05) is 13.7 Å². The number of halogens is 1. The summed E-state index contributed by atoms with van der Waals surface area (Å²) in [6.45, 7) is 0.567. The molecule has 5 atom stereocenters. The number of carbonyl (C=O) groups excluding carboxylic acids is 1. The topological polar surface area (TPSA) is 136 Å². The monoisotopic (exact) mass is 511 g/mol. The van der Waals surface area contributed by atoms with Crippen LogP contribution in [0.15, 0.2) is 36.4 Å². The van der Waals surface area contributed by atoms with Crippen LogP contribution in [-0.4, -0.2) is 79.9 Å². The van der Waals surface area contributed by atoms with E-state index in [0.717, 1.165) is 17.7 Å². The van der Waals surface area contributed by atoms with Crippen LogP contribution in [0.5, 0.6) is 11.5 Å². The minimum absolute atomic E-state index is 0.0874. The van der Waals surface area contributed by atoms with Crippen LogP contribution in [0.3, 0.4) is 0 Å². The van der Waals surface area contributed by atoms with Gasteiger partial charge in [0.25, 0.3) is 0 Å². The molecule has 1 aliphatic heterocycles. The SMILES string of the molecule is CNCc1cccc(COc2c(Cl)cc(C(=O)OC[C@H]3O[C@H](OC)[C@H](O)[C@@H](O)[C@@H]3O)cc2OC)c1. The smallest absolute Gasteiger partial charge is 0.338 e. The van der Waals surface area contributed by atoms with E-state index >= 15 is 0 Å². The summed E-state index contributed by atoms with van der Waals surface area (Å²) in [5, 5.41) is 33.2. The Bertz CT molecular complexity index is 1000. The molecule has 0 aliphatic carbocycles. The highest BCUT2D eigenvalue weighted by molar-refractivity contribution is 6.32. The zero-order chi connectivity index (χ0) is 25.5. The molecular weight excluding hydrogens is 482 g/mol. The van der Waals surface area contributed by atoms with Gasteiger partial charge in [0.1, 0.15) is 37.6 Å². The average molecular weight is 512 g/mol. The fourth-order valence-corrected chi connectivity index (χ4v) is 3.92. The van der Waals surface area contributed by atoms with Crippen molar-refractivity contribution in [2.75, 3.05) is 27.9 Å². The quantitative estimate of drug-likeness (QED) is 0.345. The summed E-state index contributed by atoms with van der Waals surface area (Å²) in [4.78, 5) is 12.6. The Labute approximate surface area is 208 Å². The standard InChI is InChI=1S/C24H30ClNO9/c1-26-10-13-5-4-6-14(7-13)11-33-22-16(25)8-15(9-17(22)31-2)23(30)34-12-18-19(27)20(28)21(29)24(32-3)35-18/h4-9,18-21,24,26-29H,10-12H2,1-3H3/t18-,19-,20+,21-,24+/m1/s1. The minimum atomic E-state index is -1.53. The van der Waals surface area contributed by atoms with Crippen LogP contribution in [0.25, 0.3) is 0 Å². The van der Waals surface area contributed by atoms with Crippen LogP contribution in [0.2, 0.25) is 5.02 Å². The van der Waals surface area contributed by atoms with Gasteiger partial charge in [-0.15, -0.1) is 0 Å². The number of nitrogens with one attached hydrogen (secondary N) is 1. The summed E-state index contributed by atoms with van der Waals surface area (Å²) in [6.07, 6.45) is -6.74. The van der Waals surface area contributed by atoms with E-state index in [1.54, 1.807) is 0 Å². The van der Waals surface area contributed by atoms with Gasteiger partial charge in [-0.3, -0.25) is 0 Å². The largest absolute Gasteiger partial charge is 0.493 e. The second kappa shape index (κ2) is 12.5. The van der Waals surface area contributed by atoms with Crippen molar-refractivity contribution in [1.29, 1.82) is 0 Å². The summed E-state index contributed by atoms with van der Waals surface area (Å²) < 4.78 is 26.8. The van der Waals surface area contributed by atoms with Gasteiger partial charge in [-0.2, -0.15) is 0 Å². The summed E-state index contributed by atoms with van der Waals surface area (Å²) in [7, 11) is 4.57. The first kappa shape index (κ1) is 27.2. The van der Waals surface area contributed by atoms with Crippen LogP contribution >= 0.6 is 11.6 Å². The lowest BCUT2D eigenvalue weighted by Gasteiger charge is -2.39. The van der Waals surface area contributed by atoms with Crippen molar-refractivity contribution >= 4 is 17.6 Å². The molecule has 3 rings (SSSR count). The number of ether oxygens (including phenoxy) is 5. The number of hydrogen-bond donors (Lipinski definition) is 4. The number of methoxy groups -OCH3 is 2. The molecule has 1 heterocycles. The molecule has 0 bridgehead atoms. The molecule has 0 spiro atoms. The molecule has 1 fully saturated rings. The zero-order valence-corrected chi connectivity index (χ0v) is 20.4. The summed E-state index contributed by atoms with van der Waals surface area (Å²) in [5.74, 6) is -0.250. The van der Waals surface area contributed by atoms with Gasteiger partial charge in [-0.05, 0) is 30.3 Å². The van der Waals surface area contributed by atoms with Crippen molar-refractivity contribution in [2.45, 2.75) is 43.9 Å². The predicted octanol–water partition coefficient (Wildman–Crippen LogP) is 1.26. The lowest BCUT2D eigenvalue weighted by molar-refractivity contribution is -0.294. The van der Waals surface area contributed by atoms with Gasteiger partial charge >= 0.3 is 5.97 Å². The molecule has 0 aromatic heterocycles. The predicted molar refractivity (Wildman–Crippen MR) is 126 cm³/mol. The number of aliphatic hydroxyl groups excluding tert-OH is 3. The number of carbonyl (C=O) groups is 1.